The third-order valence-corrected chi connectivity index (χ3v) is 5.78. The average molecular weight is 342 g/mol. The summed E-state index contributed by atoms with van der Waals surface area (Å²) in [6, 6.07) is 5.26. The molecular weight excluding hydrogens is 324 g/mol. The molecule has 24 heavy (non-hydrogen) atoms. The molecule has 1 aromatic heterocycles. The number of nitrogen functional groups attached to an aromatic ring is 1. The Hall–Kier alpha value is -2.34. The van der Waals surface area contributed by atoms with Crippen LogP contribution in [0, 0.1) is 0 Å². The van der Waals surface area contributed by atoms with Crippen LogP contribution >= 0.6 is 11.3 Å². The summed E-state index contributed by atoms with van der Waals surface area (Å²) in [6.45, 7) is 2.49. The summed E-state index contributed by atoms with van der Waals surface area (Å²) in [4.78, 5) is 27.9. The number of rotatable bonds is 3. The molecule has 124 valence electrons. The molecule has 2 N–H and O–H groups in total. The van der Waals surface area contributed by atoms with E-state index in [2.05, 4.69) is 0 Å². The molecule has 0 saturated heterocycles. The zero-order valence-corrected chi connectivity index (χ0v) is 14.2. The molecule has 1 aromatic carbocycles. The minimum atomic E-state index is -0.0921. The van der Waals surface area contributed by atoms with Crippen LogP contribution in [-0.2, 0) is 17.6 Å². The molecule has 4 rings (SSSR count). The zero-order valence-electron chi connectivity index (χ0n) is 13.4. The molecule has 0 atom stereocenters. The first kappa shape index (κ1) is 15.2. The van der Waals surface area contributed by atoms with Gasteiger partial charge < -0.3 is 15.4 Å². The highest BCUT2D eigenvalue weighted by atomic mass is 32.1. The van der Waals surface area contributed by atoms with Gasteiger partial charge in [-0.05, 0) is 49.9 Å². The van der Waals surface area contributed by atoms with Crippen molar-refractivity contribution in [2.24, 2.45) is 0 Å². The van der Waals surface area contributed by atoms with E-state index in [1.54, 1.807) is 23.1 Å². The number of ether oxygens (including phenoxy) is 1. The number of carbonyl (C=O) groups excluding carboxylic acids is 2. The fourth-order valence-electron chi connectivity index (χ4n) is 3.51. The van der Waals surface area contributed by atoms with Crippen LogP contribution in [-0.4, -0.2) is 24.8 Å². The molecule has 2 aliphatic rings. The fraction of sp³-hybridized carbons (Fsp3) is 0.333. The van der Waals surface area contributed by atoms with E-state index < -0.39 is 0 Å². The summed E-state index contributed by atoms with van der Waals surface area (Å²) >= 11 is 1.53. The Balaban J connectivity index is 1.77. The van der Waals surface area contributed by atoms with Crippen molar-refractivity contribution < 1.29 is 14.3 Å². The second kappa shape index (κ2) is 5.63. The lowest BCUT2D eigenvalue weighted by Gasteiger charge is -2.28. The van der Waals surface area contributed by atoms with Gasteiger partial charge >= 0.3 is 0 Å². The van der Waals surface area contributed by atoms with E-state index in [1.165, 1.54) is 16.2 Å². The molecular formula is C18H18N2O3S. The number of anilines is 2. The molecule has 0 saturated carbocycles. The predicted octanol–water partition coefficient (Wildman–Crippen LogP) is 2.80. The minimum absolute atomic E-state index is 0.0408. The molecule has 0 spiro atoms. The molecule has 0 unspecified atom stereocenters. The highest BCUT2D eigenvalue weighted by Crippen LogP contribution is 2.39. The molecule has 5 nitrogen and oxygen atoms in total. The third-order valence-electron chi connectivity index (χ3n) is 4.66. The molecule has 0 fully saturated rings. The summed E-state index contributed by atoms with van der Waals surface area (Å²) in [5, 5.41) is 0.599. The van der Waals surface area contributed by atoms with Gasteiger partial charge in [0, 0.05) is 17.0 Å². The number of hydrogen-bond acceptors (Lipinski definition) is 5. The van der Waals surface area contributed by atoms with Gasteiger partial charge in [0.15, 0.2) is 12.4 Å². The maximum atomic E-state index is 13.0. The molecule has 0 bridgehead atoms. The number of nitrogens with zero attached hydrogens (tertiary/aromatic N) is 1. The normalized spacial score (nSPS) is 15.9. The quantitative estimate of drug-likeness (QED) is 0.871. The lowest BCUT2D eigenvalue weighted by atomic mass is 9.99. The topological polar surface area (TPSA) is 72.6 Å². The highest BCUT2D eigenvalue weighted by Gasteiger charge is 2.29. The molecule has 6 heteroatoms. The van der Waals surface area contributed by atoms with Gasteiger partial charge in [0.2, 0.25) is 0 Å². The van der Waals surface area contributed by atoms with Gasteiger partial charge in [-0.1, -0.05) is 0 Å². The van der Waals surface area contributed by atoms with Crippen molar-refractivity contribution in [1.29, 1.82) is 0 Å². The van der Waals surface area contributed by atoms with Gasteiger partial charge in [-0.25, -0.2) is 0 Å². The Labute approximate surface area is 144 Å². The standard InChI is InChI=1S/C18H18N2O3S/c1-2-20-12-8-10(6-7-13(12)23-9-15(20)21)17(22)16-11-4-3-5-14(11)24-18(16)19/h6-8H,2-5,9,19H2,1H3. The van der Waals surface area contributed by atoms with Crippen molar-refractivity contribution in [3.8, 4) is 5.75 Å². The Bertz CT molecular complexity index is 856. The first-order valence-electron chi connectivity index (χ1n) is 8.12. The van der Waals surface area contributed by atoms with Crippen molar-refractivity contribution in [3.05, 3.63) is 39.8 Å². The number of carbonyl (C=O) groups is 2. The monoisotopic (exact) mass is 342 g/mol. The van der Waals surface area contributed by atoms with E-state index in [1.807, 2.05) is 6.92 Å². The van der Waals surface area contributed by atoms with E-state index in [0.717, 1.165) is 24.8 Å². The molecule has 2 heterocycles. The molecule has 0 radical (unpaired) electrons. The van der Waals surface area contributed by atoms with Crippen LogP contribution in [0.3, 0.4) is 0 Å². The lowest BCUT2D eigenvalue weighted by molar-refractivity contribution is -0.121. The maximum Gasteiger partial charge on any atom is 0.265 e. The Morgan fingerprint density at radius 2 is 2.21 bits per heavy atom. The van der Waals surface area contributed by atoms with Gasteiger partial charge in [0.1, 0.15) is 5.75 Å². The first-order valence-corrected chi connectivity index (χ1v) is 8.93. The van der Waals surface area contributed by atoms with E-state index >= 15 is 0 Å². The zero-order chi connectivity index (χ0) is 16.8. The number of likely N-dealkylation sites (N-methyl/N-ethyl adjacent to an activating group) is 1. The van der Waals surface area contributed by atoms with Crippen LogP contribution in [0.2, 0.25) is 0 Å². The lowest BCUT2D eigenvalue weighted by Crippen LogP contribution is -2.38. The molecule has 1 amide bonds. The van der Waals surface area contributed by atoms with Gasteiger partial charge in [-0.15, -0.1) is 11.3 Å². The number of aryl methyl sites for hydroxylation is 1. The molecule has 1 aliphatic heterocycles. The van der Waals surface area contributed by atoms with E-state index in [0.29, 0.717) is 34.1 Å². The first-order chi connectivity index (χ1) is 11.6. The van der Waals surface area contributed by atoms with Crippen LogP contribution in [0.25, 0.3) is 0 Å². The SMILES string of the molecule is CCN1C(=O)COc2ccc(C(=O)c3c(N)sc4c3CCC4)cc21. The predicted molar refractivity (Wildman–Crippen MR) is 94.2 cm³/mol. The van der Waals surface area contributed by atoms with Crippen LogP contribution < -0.4 is 15.4 Å². The molecule has 1 aliphatic carbocycles. The number of nitrogens with two attached hydrogens (primary N) is 1. The van der Waals surface area contributed by atoms with Gasteiger partial charge in [0.25, 0.3) is 5.91 Å². The summed E-state index contributed by atoms with van der Waals surface area (Å²) in [5.41, 5.74) is 9.08. The van der Waals surface area contributed by atoms with Gasteiger partial charge in [-0.2, -0.15) is 0 Å². The van der Waals surface area contributed by atoms with Crippen molar-refractivity contribution in [1.82, 2.24) is 0 Å². The van der Waals surface area contributed by atoms with Crippen LogP contribution in [0.4, 0.5) is 10.7 Å². The molecule has 2 aromatic rings. The Morgan fingerprint density at radius 3 is 3.00 bits per heavy atom. The smallest absolute Gasteiger partial charge is 0.265 e. The number of ketones is 1. The maximum absolute atomic E-state index is 13.0. The second-order valence-corrected chi connectivity index (χ2v) is 7.17. The van der Waals surface area contributed by atoms with Crippen LogP contribution in [0.5, 0.6) is 5.75 Å². The summed E-state index contributed by atoms with van der Waals surface area (Å²) < 4.78 is 5.47. The van der Waals surface area contributed by atoms with E-state index in [-0.39, 0.29) is 18.3 Å². The second-order valence-electron chi connectivity index (χ2n) is 6.03. The van der Waals surface area contributed by atoms with Crippen LogP contribution in [0.15, 0.2) is 18.2 Å². The average Bonchev–Trinajstić information content (AvgIpc) is 3.13. The summed E-state index contributed by atoms with van der Waals surface area (Å²) in [7, 11) is 0. The number of amides is 1. The fourth-order valence-corrected chi connectivity index (χ4v) is 4.67. The third kappa shape index (κ3) is 2.21. The van der Waals surface area contributed by atoms with Crippen LogP contribution in [0.1, 0.15) is 39.7 Å². The van der Waals surface area contributed by atoms with Gasteiger partial charge in [-0.3, -0.25) is 9.59 Å². The van der Waals surface area contributed by atoms with E-state index in [4.69, 9.17) is 10.5 Å². The Kier molecular flexibility index (Phi) is 3.57. The number of fused-ring (bicyclic) bond motifs is 2. The highest BCUT2D eigenvalue weighted by molar-refractivity contribution is 7.16. The van der Waals surface area contributed by atoms with Crippen molar-refractivity contribution >= 4 is 33.7 Å². The minimum Gasteiger partial charge on any atom is -0.482 e. The van der Waals surface area contributed by atoms with Gasteiger partial charge in [0.05, 0.1) is 16.3 Å². The number of hydrogen-bond donors (Lipinski definition) is 1. The number of benzene rings is 1. The largest absolute Gasteiger partial charge is 0.482 e. The van der Waals surface area contributed by atoms with Crippen molar-refractivity contribution in [2.75, 3.05) is 23.8 Å². The number of thiophene rings is 1. The van der Waals surface area contributed by atoms with Crippen molar-refractivity contribution in [3.63, 3.8) is 0 Å². The van der Waals surface area contributed by atoms with Crippen molar-refractivity contribution in [2.45, 2.75) is 26.2 Å². The summed E-state index contributed by atoms with van der Waals surface area (Å²) in [6.07, 6.45) is 3.00. The Morgan fingerprint density at radius 1 is 1.38 bits per heavy atom. The van der Waals surface area contributed by atoms with E-state index in [9.17, 15) is 9.59 Å². The summed E-state index contributed by atoms with van der Waals surface area (Å²) in [5.74, 6) is 0.478.